The summed E-state index contributed by atoms with van der Waals surface area (Å²) in [6.45, 7) is 4.57. The maximum atomic E-state index is 13.1. The minimum atomic E-state index is -4.39. The lowest BCUT2D eigenvalue weighted by Crippen LogP contribution is -2.35. The first-order valence-corrected chi connectivity index (χ1v) is 11.3. The fourth-order valence-electron chi connectivity index (χ4n) is 4.62. The molecule has 2 aliphatic rings. The highest BCUT2D eigenvalue weighted by molar-refractivity contribution is 5.77. The molecule has 32 heavy (non-hydrogen) atoms. The van der Waals surface area contributed by atoms with Crippen LogP contribution in [0.2, 0.25) is 0 Å². The van der Waals surface area contributed by atoms with Crippen LogP contribution in [0.4, 0.5) is 23.8 Å². The van der Waals surface area contributed by atoms with Crippen LogP contribution in [0.3, 0.4) is 0 Å². The molecule has 0 spiro atoms. The number of hydrogen-bond donors (Lipinski definition) is 1. The highest BCUT2D eigenvalue weighted by Crippen LogP contribution is 2.34. The van der Waals surface area contributed by atoms with Gasteiger partial charge in [0.15, 0.2) is 0 Å². The number of anilines is 1. The second-order valence-corrected chi connectivity index (χ2v) is 8.45. The van der Waals surface area contributed by atoms with Gasteiger partial charge in [0.25, 0.3) is 0 Å². The quantitative estimate of drug-likeness (QED) is 0.630. The molecule has 2 aromatic rings. The van der Waals surface area contributed by atoms with E-state index in [-0.39, 0.29) is 12.1 Å². The number of fused-ring (bicyclic) bond motifs is 1. The lowest BCUT2D eigenvalue weighted by Gasteiger charge is -2.28. The van der Waals surface area contributed by atoms with E-state index in [0.717, 1.165) is 49.8 Å². The van der Waals surface area contributed by atoms with Gasteiger partial charge in [0.2, 0.25) is 0 Å². The van der Waals surface area contributed by atoms with Crippen LogP contribution in [0.1, 0.15) is 54.6 Å². The van der Waals surface area contributed by atoms with Crippen molar-refractivity contribution in [3.05, 3.63) is 58.8 Å². The molecule has 1 atom stereocenters. The van der Waals surface area contributed by atoms with Crippen molar-refractivity contribution in [2.75, 3.05) is 31.5 Å². The molecular formula is C24H29F3N4O. The van der Waals surface area contributed by atoms with Gasteiger partial charge in [-0.3, -0.25) is 0 Å². The molecule has 1 fully saturated rings. The summed E-state index contributed by atoms with van der Waals surface area (Å²) in [5, 5.41) is 3.34. The van der Waals surface area contributed by atoms with Crippen LogP contribution in [-0.4, -0.2) is 47.0 Å². The lowest BCUT2D eigenvalue weighted by atomic mass is 10.0. The smallest absolute Gasteiger partial charge is 0.370 e. The molecule has 2 aliphatic heterocycles. The summed E-state index contributed by atoms with van der Waals surface area (Å²) < 4.78 is 39.4. The van der Waals surface area contributed by atoms with E-state index in [2.05, 4.69) is 17.4 Å². The number of nitrogens with zero attached hydrogens (tertiary/aromatic N) is 3. The summed E-state index contributed by atoms with van der Waals surface area (Å²) in [5.41, 5.74) is 2.12. The van der Waals surface area contributed by atoms with Crippen LogP contribution < -0.4 is 5.32 Å². The van der Waals surface area contributed by atoms with Crippen molar-refractivity contribution in [3.63, 3.8) is 0 Å². The molecule has 0 radical (unpaired) electrons. The number of aromatic nitrogens is 1. The zero-order chi connectivity index (χ0) is 22.7. The molecule has 4 rings (SSSR count). The lowest BCUT2D eigenvalue weighted by molar-refractivity contribution is -0.137. The van der Waals surface area contributed by atoms with Gasteiger partial charge in [-0.05, 0) is 61.4 Å². The van der Waals surface area contributed by atoms with E-state index >= 15 is 0 Å². The van der Waals surface area contributed by atoms with E-state index in [4.69, 9.17) is 4.98 Å². The number of urea groups is 1. The Kier molecular flexibility index (Phi) is 6.58. The highest BCUT2D eigenvalue weighted by atomic mass is 19.4. The monoisotopic (exact) mass is 446 g/mol. The van der Waals surface area contributed by atoms with Crippen molar-refractivity contribution >= 4 is 11.8 Å². The number of pyridine rings is 1. The Morgan fingerprint density at radius 2 is 2.03 bits per heavy atom. The average Bonchev–Trinajstić information content (AvgIpc) is 3.14. The second kappa shape index (κ2) is 9.38. The first-order chi connectivity index (χ1) is 15.4. The van der Waals surface area contributed by atoms with Crippen LogP contribution in [-0.2, 0) is 19.0 Å². The number of nitrogens with one attached hydrogen (secondary N) is 1. The number of aryl methyl sites for hydroxylation is 2. The number of benzene rings is 1. The molecule has 1 N–H and O–H groups in total. The SMILES string of the molecule is CCC(c1cccc(C(F)(F)F)c1)N1CCN(CCCc2ccc3c(n2)NCCC3)C1=O. The van der Waals surface area contributed by atoms with Gasteiger partial charge in [-0.2, -0.15) is 13.2 Å². The van der Waals surface area contributed by atoms with Gasteiger partial charge < -0.3 is 15.1 Å². The standard InChI is InChI=1S/C24H29F3N4O/c1-2-21(18-6-3-8-19(16-18)24(25,26)27)31-15-14-30(23(31)32)13-5-9-20-11-10-17-7-4-12-28-22(17)29-20/h3,6,8,10-11,16,21H,2,4-5,7,9,12-15H2,1H3,(H,28,29). The Labute approximate surface area is 186 Å². The molecule has 1 unspecified atom stereocenters. The predicted molar refractivity (Wildman–Crippen MR) is 118 cm³/mol. The topological polar surface area (TPSA) is 48.5 Å². The molecule has 1 aromatic carbocycles. The van der Waals surface area contributed by atoms with Crippen molar-refractivity contribution < 1.29 is 18.0 Å². The van der Waals surface area contributed by atoms with Crippen molar-refractivity contribution in [2.24, 2.45) is 0 Å². The van der Waals surface area contributed by atoms with Crippen LogP contribution in [0, 0.1) is 0 Å². The van der Waals surface area contributed by atoms with Crippen molar-refractivity contribution in [1.29, 1.82) is 0 Å². The van der Waals surface area contributed by atoms with Gasteiger partial charge >= 0.3 is 12.2 Å². The van der Waals surface area contributed by atoms with Crippen LogP contribution in [0.15, 0.2) is 36.4 Å². The van der Waals surface area contributed by atoms with E-state index in [1.165, 1.54) is 17.7 Å². The minimum absolute atomic E-state index is 0.102. The maximum absolute atomic E-state index is 13.1. The molecule has 1 saturated heterocycles. The molecule has 3 heterocycles. The van der Waals surface area contributed by atoms with E-state index in [1.807, 2.05) is 6.92 Å². The van der Waals surface area contributed by atoms with Crippen LogP contribution in [0.5, 0.6) is 0 Å². The molecule has 172 valence electrons. The van der Waals surface area contributed by atoms with Gasteiger partial charge in [-0.25, -0.2) is 9.78 Å². The Morgan fingerprint density at radius 3 is 2.81 bits per heavy atom. The van der Waals surface area contributed by atoms with E-state index in [0.29, 0.717) is 31.6 Å². The Balaban J connectivity index is 1.36. The first-order valence-electron chi connectivity index (χ1n) is 11.3. The third-order valence-corrected chi connectivity index (χ3v) is 6.30. The minimum Gasteiger partial charge on any atom is -0.370 e. The molecule has 1 aromatic heterocycles. The largest absolute Gasteiger partial charge is 0.416 e. The number of hydrogen-bond acceptors (Lipinski definition) is 3. The number of rotatable bonds is 7. The summed E-state index contributed by atoms with van der Waals surface area (Å²) in [6, 6.07) is 9.06. The van der Waals surface area contributed by atoms with Gasteiger partial charge in [0.05, 0.1) is 11.6 Å². The van der Waals surface area contributed by atoms with Crippen molar-refractivity contribution in [3.8, 4) is 0 Å². The Morgan fingerprint density at radius 1 is 1.19 bits per heavy atom. The number of alkyl halides is 3. The average molecular weight is 447 g/mol. The van der Waals surface area contributed by atoms with Gasteiger partial charge in [-0.1, -0.05) is 25.1 Å². The normalized spacial score (nSPS) is 17.3. The van der Waals surface area contributed by atoms with Gasteiger partial charge in [-0.15, -0.1) is 0 Å². The Hall–Kier alpha value is -2.77. The molecule has 0 bridgehead atoms. The zero-order valence-corrected chi connectivity index (χ0v) is 18.3. The van der Waals surface area contributed by atoms with Gasteiger partial charge in [0, 0.05) is 31.9 Å². The first kappa shape index (κ1) is 22.4. The van der Waals surface area contributed by atoms with Crippen LogP contribution >= 0.6 is 0 Å². The summed E-state index contributed by atoms with van der Waals surface area (Å²) >= 11 is 0. The third kappa shape index (κ3) is 4.84. The van der Waals surface area contributed by atoms with E-state index in [1.54, 1.807) is 15.9 Å². The van der Waals surface area contributed by atoms with Gasteiger partial charge in [0.1, 0.15) is 5.82 Å². The fraction of sp³-hybridized carbons (Fsp3) is 0.500. The number of halogens is 3. The Bertz CT molecular complexity index is 963. The molecule has 2 amide bonds. The summed E-state index contributed by atoms with van der Waals surface area (Å²) in [5.74, 6) is 0.976. The molecule has 8 heteroatoms. The summed E-state index contributed by atoms with van der Waals surface area (Å²) in [6.07, 6.45) is -0.0725. The summed E-state index contributed by atoms with van der Waals surface area (Å²) in [7, 11) is 0. The predicted octanol–water partition coefficient (Wildman–Crippen LogP) is 5.28. The number of carbonyl (C=O) groups is 1. The molecule has 0 saturated carbocycles. The molecule has 0 aliphatic carbocycles. The van der Waals surface area contributed by atoms with Crippen molar-refractivity contribution in [2.45, 2.75) is 51.2 Å². The molecular weight excluding hydrogens is 417 g/mol. The number of carbonyl (C=O) groups excluding carboxylic acids is 1. The second-order valence-electron chi connectivity index (χ2n) is 8.45. The van der Waals surface area contributed by atoms with E-state index in [9.17, 15) is 18.0 Å². The summed E-state index contributed by atoms with van der Waals surface area (Å²) in [4.78, 5) is 21.2. The van der Waals surface area contributed by atoms with Crippen molar-refractivity contribution in [1.82, 2.24) is 14.8 Å². The zero-order valence-electron chi connectivity index (χ0n) is 18.3. The molecule has 5 nitrogen and oxygen atoms in total. The third-order valence-electron chi connectivity index (χ3n) is 6.30. The number of amides is 2. The van der Waals surface area contributed by atoms with E-state index < -0.39 is 11.7 Å². The van der Waals surface area contributed by atoms with Crippen LogP contribution in [0.25, 0.3) is 0 Å². The fourth-order valence-corrected chi connectivity index (χ4v) is 4.62. The maximum Gasteiger partial charge on any atom is 0.416 e. The highest BCUT2D eigenvalue weighted by Gasteiger charge is 2.35.